The van der Waals surface area contributed by atoms with E-state index in [4.69, 9.17) is 16.3 Å². The molecule has 1 unspecified atom stereocenters. The fourth-order valence-corrected chi connectivity index (χ4v) is 5.33. The van der Waals surface area contributed by atoms with Gasteiger partial charge in [-0.15, -0.1) is 0 Å². The minimum atomic E-state index is -3.61. The lowest BCUT2D eigenvalue weighted by Crippen LogP contribution is -2.34. The lowest BCUT2D eigenvalue weighted by molar-refractivity contribution is 0.0933. The van der Waals surface area contributed by atoms with Crippen molar-refractivity contribution in [1.29, 1.82) is 0 Å². The summed E-state index contributed by atoms with van der Waals surface area (Å²) in [5.74, 6) is 0.418. The lowest BCUT2D eigenvalue weighted by atomic mass is 10.1. The maximum atomic E-state index is 12.7. The molecular weight excluding hydrogens is 400 g/mol. The highest BCUT2D eigenvalue weighted by molar-refractivity contribution is 7.89. The first kappa shape index (κ1) is 19.2. The number of fused-ring (bicyclic) bond motifs is 1. The number of hydrogen-bond acceptors (Lipinski definition) is 4. The number of nitrogens with zero attached hydrogens (tertiary/aromatic N) is 1. The number of carbonyl (C=O) groups excluding carboxylic acids is 1. The molecule has 0 aliphatic carbocycles. The van der Waals surface area contributed by atoms with E-state index in [-0.39, 0.29) is 21.6 Å². The number of rotatable bonds is 5. The predicted molar refractivity (Wildman–Crippen MR) is 106 cm³/mol. The zero-order chi connectivity index (χ0) is 19.7. The molecule has 0 radical (unpaired) electrons. The van der Waals surface area contributed by atoms with Gasteiger partial charge in [0, 0.05) is 19.5 Å². The minimum Gasteiger partial charge on any atom is -0.488 e. The standard InChI is InChI=1S/C20H21ClN2O4S/c21-18-8-7-16(28(25,26)23-9-3-4-10-23)12-17(18)20(24)22-13-15-11-14-5-1-2-6-19(14)27-15/h1-2,5-8,12,15H,3-4,9-11,13H2,(H,22,24). The first-order chi connectivity index (χ1) is 13.4. The van der Waals surface area contributed by atoms with Gasteiger partial charge in [0.2, 0.25) is 10.0 Å². The molecule has 8 heteroatoms. The van der Waals surface area contributed by atoms with Crippen molar-refractivity contribution >= 4 is 27.5 Å². The van der Waals surface area contributed by atoms with E-state index in [2.05, 4.69) is 5.32 Å². The van der Waals surface area contributed by atoms with Crippen LogP contribution in [0, 0.1) is 0 Å². The molecule has 1 amide bonds. The smallest absolute Gasteiger partial charge is 0.252 e. The largest absolute Gasteiger partial charge is 0.488 e. The van der Waals surface area contributed by atoms with E-state index >= 15 is 0 Å². The maximum absolute atomic E-state index is 12.7. The van der Waals surface area contributed by atoms with Crippen molar-refractivity contribution in [2.45, 2.75) is 30.3 Å². The monoisotopic (exact) mass is 420 g/mol. The summed E-state index contributed by atoms with van der Waals surface area (Å²) < 4.78 is 32.8. The molecule has 0 saturated carbocycles. The van der Waals surface area contributed by atoms with Crippen LogP contribution in [0.25, 0.3) is 0 Å². The van der Waals surface area contributed by atoms with Crippen molar-refractivity contribution in [2.75, 3.05) is 19.6 Å². The zero-order valence-corrected chi connectivity index (χ0v) is 16.8. The van der Waals surface area contributed by atoms with Crippen LogP contribution in [0.4, 0.5) is 0 Å². The van der Waals surface area contributed by atoms with Gasteiger partial charge >= 0.3 is 0 Å². The number of amides is 1. The second kappa shape index (κ2) is 7.73. The third-order valence-electron chi connectivity index (χ3n) is 5.09. The van der Waals surface area contributed by atoms with Gasteiger partial charge in [0.1, 0.15) is 11.9 Å². The number of nitrogens with one attached hydrogen (secondary N) is 1. The molecule has 28 heavy (non-hydrogen) atoms. The Balaban J connectivity index is 1.46. The fourth-order valence-electron chi connectivity index (χ4n) is 3.59. The number of sulfonamides is 1. The Morgan fingerprint density at radius 2 is 1.93 bits per heavy atom. The van der Waals surface area contributed by atoms with Crippen molar-refractivity contribution in [1.82, 2.24) is 9.62 Å². The molecule has 148 valence electrons. The van der Waals surface area contributed by atoms with Crippen LogP contribution < -0.4 is 10.1 Å². The van der Waals surface area contributed by atoms with Crippen LogP contribution >= 0.6 is 11.6 Å². The topological polar surface area (TPSA) is 75.7 Å². The van der Waals surface area contributed by atoms with E-state index < -0.39 is 15.9 Å². The van der Waals surface area contributed by atoms with E-state index in [9.17, 15) is 13.2 Å². The number of hydrogen-bond donors (Lipinski definition) is 1. The van der Waals surface area contributed by atoms with Crippen molar-refractivity contribution in [3.05, 3.63) is 58.6 Å². The molecule has 2 heterocycles. The summed E-state index contributed by atoms with van der Waals surface area (Å²) in [5, 5.41) is 3.02. The first-order valence-electron chi connectivity index (χ1n) is 9.27. The third-order valence-corrected chi connectivity index (χ3v) is 7.31. The van der Waals surface area contributed by atoms with Crippen molar-refractivity contribution in [3.63, 3.8) is 0 Å². The molecule has 2 aromatic carbocycles. The van der Waals surface area contributed by atoms with Gasteiger partial charge in [-0.2, -0.15) is 4.31 Å². The van der Waals surface area contributed by atoms with Crippen LogP contribution in [0.3, 0.4) is 0 Å². The molecule has 2 aliphatic rings. The van der Waals surface area contributed by atoms with Crippen molar-refractivity contribution in [3.8, 4) is 5.75 Å². The summed E-state index contributed by atoms with van der Waals surface area (Å²) in [6.07, 6.45) is 2.26. The minimum absolute atomic E-state index is 0.0912. The number of benzene rings is 2. The van der Waals surface area contributed by atoms with Crippen LogP contribution in [0.2, 0.25) is 5.02 Å². The van der Waals surface area contributed by atoms with Gasteiger partial charge in [-0.25, -0.2) is 8.42 Å². The molecule has 1 atom stereocenters. The summed E-state index contributed by atoms with van der Waals surface area (Å²) in [7, 11) is -3.61. The zero-order valence-electron chi connectivity index (χ0n) is 15.2. The number of para-hydroxylation sites is 1. The number of halogens is 1. The van der Waals surface area contributed by atoms with E-state index in [1.807, 2.05) is 24.3 Å². The van der Waals surface area contributed by atoms with Gasteiger partial charge in [-0.05, 0) is 42.7 Å². The fraction of sp³-hybridized carbons (Fsp3) is 0.350. The molecule has 1 saturated heterocycles. The Kier molecular flexibility index (Phi) is 5.31. The Bertz CT molecular complexity index is 978. The highest BCUT2D eigenvalue weighted by Gasteiger charge is 2.29. The molecule has 1 fully saturated rings. The molecular formula is C20H21ClN2O4S. The summed E-state index contributed by atoms with van der Waals surface area (Å²) in [6, 6.07) is 12.0. The molecule has 0 bridgehead atoms. The third kappa shape index (κ3) is 3.74. The Morgan fingerprint density at radius 1 is 1.18 bits per heavy atom. The van der Waals surface area contributed by atoms with E-state index in [0.29, 0.717) is 26.1 Å². The lowest BCUT2D eigenvalue weighted by Gasteiger charge is -2.17. The molecule has 2 aliphatic heterocycles. The summed E-state index contributed by atoms with van der Waals surface area (Å²) in [6.45, 7) is 1.32. The van der Waals surface area contributed by atoms with Gasteiger partial charge in [-0.3, -0.25) is 4.79 Å². The number of ether oxygens (including phenoxy) is 1. The second-order valence-electron chi connectivity index (χ2n) is 7.01. The van der Waals surface area contributed by atoms with Crippen molar-refractivity contribution in [2.24, 2.45) is 0 Å². The molecule has 0 spiro atoms. The van der Waals surface area contributed by atoms with Gasteiger partial charge in [-0.1, -0.05) is 29.8 Å². The summed E-state index contributed by atoms with van der Waals surface area (Å²) in [5.41, 5.74) is 1.26. The van der Waals surface area contributed by atoms with Gasteiger partial charge in [0.05, 0.1) is 22.0 Å². The maximum Gasteiger partial charge on any atom is 0.252 e. The van der Waals surface area contributed by atoms with Crippen LogP contribution in [0.5, 0.6) is 5.75 Å². The molecule has 0 aromatic heterocycles. The SMILES string of the molecule is O=C(NCC1Cc2ccccc2O1)c1cc(S(=O)(=O)N2CCCC2)ccc1Cl. The Morgan fingerprint density at radius 3 is 2.68 bits per heavy atom. The Labute approximate surface area is 169 Å². The average molecular weight is 421 g/mol. The normalized spacial score (nSPS) is 19.2. The van der Waals surface area contributed by atoms with Crippen LogP contribution in [-0.2, 0) is 16.4 Å². The Hall–Kier alpha value is -2.09. The molecule has 2 aromatic rings. The highest BCUT2D eigenvalue weighted by atomic mass is 35.5. The summed E-state index contributed by atoms with van der Waals surface area (Å²) in [4.78, 5) is 12.7. The average Bonchev–Trinajstić information content (AvgIpc) is 3.36. The highest BCUT2D eigenvalue weighted by Crippen LogP contribution is 2.28. The van der Waals surface area contributed by atoms with Gasteiger partial charge < -0.3 is 10.1 Å². The van der Waals surface area contributed by atoms with E-state index in [1.165, 1.54) is 22.5 Å². The molecule has 6 nitrogen and oxygen atoms in total. The van der Waals surface area contributed by atoms with E-state index in [1.54, 1.807) is 0 Å². The van der Waals surface area contributed by atoms with Gasteiger partial charge in [0.15, 0.2) is 0 Å². The van der Waals surface area contributed by atoms with Crippen LogP contribution in [-0.4, -0.2) is 44.4 Å². The quantitative estimate of drug-likeness (QED) is 0.807. The van der Waals surface area contributed by atoms with Gasteiger partial charge in [0.25, 0.3) is 5.91 Å². The number of carbonyl (C=O) groups is 1. The second-order valence-corrected chi connectivity index (χ2v) is 9.36. The predicted octanol–water partition coefficient (Wildman–Crippen LogP) is 2.86. The molecule has 1 N–H and O–H groups in total. The van der Waals surface area contributed by atoms with Crippen molar-refractivity contribution < 1.29 is 17.9 Å². The summed E-state index contributed by atoms with van der Waals surface area (Å²) >= 11 is 6.17. The van der Waals surface area contributed by atoms with Crippen LogP contribution in [0.1, 0.15) is 28.8 Å². The van der Waals surface area contributed by atoms with Crippen LogP contribution in [0.15, 0.2) is 47.4 Å². The first-order valence-corrected chi connectivity index (χ1v) is 11.1. The van der Waals surface area contributed by atoms with E-state index in [0.717, 1.165) is 24.2 Å². The molecule has 4 rings (SSSR count).